The molecule has 3 aromatic rings. The molecule has 0 saturated heterocycles. The van der Waals surface area contributed by atoms with Crippen LogP contribution in [0.1, 0.15) is 16.7 Å². The molecule has 0 unspecified atom stereocenters. The second-order valence-electron chi connectivity index (χ2n) is 5.44. The smallest absolute Gasteiger partial charge is 0.121 e. The fourth-order valence-corrected chi connectivity index (χ4v) is 2.86. The molecule has 0 radical (unpaired) electrons. The van der Waals surface area contributed by atoms with Crippen molar-refractivity contribution in [1.29, 1.82) is 0 Å². The summed E-state index contributed by atoms with van der Waals surface area (Å²) in [6, 6.07) is 16.9. The lowest BCUT2D eigenvalue weighted by atomic mass is 9.92. The molecule has 0 aliphatic rings. The summed E-state index contributed by atoms with van der Waals surface area (Å²) >= 11 is 0. The molecular weight excluding hydrogens is 244 g/mol. The van der Waals surface area contributed by atoms with Gasteiger partial charge in [-0.3, -0.25) is 0 Å². The summed E-state index contributed by atoms with van der Waals surface area (Å²) in [5, 5.41) is 12.5. The van der Waals surface area contributed by atoms with E-state index in [2.05, 4.69) is 55.5 Å². The van der Waals surface area contributed by atoms with Crippen molar-refractivity contribution in [2.45, 2.75) is 20.8 Å². The van der Waals surface area contributed by atoms with Gasteiger partial charge in [-0.1, -0.05) is 36.4 Å². The van der Waals surface area contributed by atoms with Crippen LogP contribution in [0.2, 0.25) is 0 Å². The average Bonchev–Trinajstić information content (AvgIpc) is 2.44. The molecule has 0 fully saturated rings. The first kappa shape index (κ1) is 12.7. The minimum atomic E-state index is 0.395. The van der Waals surface area contributed by atoms with Crippen LogP contribution in [0, 0.1) is 20.8 Å². The van der Waals surface area contributed by atoms with Gasteiger partial charge in [0.05, 0.1) is 0 Å². The van der Waals surface area contributed by atoms with Gasteiger partial charge < -0.3 is 5.11 Å². The summed E-state index contributed by atoms with van der Waals surface area (Å²) < 4.78 is 0. The fourth-order valence-electron chi connectivity index (χ4n) is 2.86. The Hall–Kier alpha value is -2.28. The quantitative estimate of drug-likeness (QED) is 0.644. The van der Waals surface area contributed by atoms with Gasteiger partial charge in [0, 0.05) is 0 Å². The summed E-state index contributed by atoms with van der Waals surface area (Å²) in [6.45, 7) is 6.04. The van der Waals surface area contributed by atoms with Gasteiger partial charge in [0.15, 0.2) is 0 Å². The number of benzene rings is 3. The number of rotatable bonds is 1. The Morgan fingerprint density at radius 2 is 1.40 bits per heavy atom. The van der Waals surface area contributed by atoms with E-state index in [9.17, 15) is 5.11 Å². The van der Waals surface area contributed by atoms with Crippen molar-refractivity contribution >= 4 is 10.8 Å². The summed E-state index contributed by atoms with van der Waals surface area (Å²) in [6.07, 6.45) is 0. The highest BCUT2D eigenvalue weighted by Gasteiger charge is 2.10. The minimum Gasteiger partial charge on any atom is -0.507 e. The van der Waals surface area contributed by atoms with Crippen LogP contribution >= 0.6 is 0 Å². The van der Waals surface area contributed by atoms with Crippen LogP contribution in [0.25, 0.3) is 21.9 Å². The van der Waals surface area contributed by atoms with Gasteiger partial charge in [0.1, 0.15) is 5.75 Å². The van der Waals surface area contributed by atoms with E-state index in [0.29, 0.717) is 5.75 Å². The Labute approximate surface area is 119 Å². The zero-order valence-corrected chi connectivity index (χ0v) is 12.1. The summed E-state index contributed by atoms with van der Waals surface area (Å²) in [4.78, 5) is 0. The lowest BCUT2D eigenvalue weighted by Gasteiger charge is -2.13. The summed E-state index contributed by atoms with van der Waals surface area (Å²) in [5.74, 6) is 0.395. The molecule has 0 atom stereocenters. The van der Waals surface area contributed by atoms with Crippen molar-refractivity contribution < 1.29 is 5.11 Å². The lowest BCUT2D eigenvalue weighted by molar-refractivity contribution is 0.467. The number of hydrogen-bond donors (Lipinski definition) is 1. The molecule has 1 heteroatoms. The molecule has 0 aromatic heterocycles. The monoisotopic (exact) mass is 262 g/mol. The van der Waals surface area contributed by atoms with Crippen LogP contribution in [0.5, 0.6) is 5.75 Å². The Morgan fingerprint density at radius 3 is 2.10 bits per heavy atom. The molecule has 0 saturated carbocycles. The van der Waals surface area contributed by atoms with E-state index < -0.39 is 0 Å². The molecule has 0 aliphatic heterocycles. The number of fused-ring (bicyclic) bond motifs is 1. The standard InChI is InChI=1S/C19H18O/c1-12-8-9-15-6-4-5-7-17(15)18(12)16-10-13(2)19(20)14(3)11-16/h4-11,20H,1-3H3. The second kappa shape index (κ2) is 4.68. The minimum absolute atomic E-state index is 0.395. The van der Waals surface area contributed by atoms with E-state index in [1.165, 1.54) is 27.5 Å². The molecule has 0 amide bonds. The van der Waals surface area contributed by atoms with Crippen molar-refractivity contribution in [3.63, 3.8) is 0 Å². The third-order valence-electron chi connectivity index (χ3n) is 3.92. The zero-order chi connectivity index (χ0) is 14.3. The Morgan fingerprint density at radius 1 is 0.750 bits per heavy atom. The Bertz CT molecular complexity index is 777. The molecule has 3 aromatic carbocycles. The second-order valence-corrected chi connectivity index (χ2v) is 5.44. The highest BCUT2D eigenvalue weighted by Crippen LogP contribution is 2.35. The van der Waals surface area contributed by atoms with Crippen molar-refractivity contribution in [1.82, 2.24) is 0 Å². The normalized spacial score (nSPS) is 10.9. The first-order valence-electron chi connectivity index (χ1n) is 6.87. The van der Waals surface area contributed by atoms with Crippen molar-refractivity contribution in [3.8, 4) is 16.9 Å². The maximum absolute atomic E-state index is 9.96. The Kier molecular flexibility index (Phi) is 2.98. The van der Waals surface area contributed by atoms with Gasteiger partial charge in [0.2, 0.25) is 0 Å². The van der Waals surface area contributed by atoms with E-state index in [0.717, 1.165) is 11.1 Å². The molecule has 0 spiro atoms. The maximum atomic E-state index is 9.96. The number of hydrogen-bond acceptors (Lipinski definition) is 1. The SMILES string of the molecule is Cc1cc(-c2c(C)ccc3ccccc23)cc(C)c1O. The fraction of sp³-hybridized carbons (Fsp3) is 0.158. The van der Waals surface area contributed by atoms with Crippen LogP contribution in [-0.2, 0) is 0 Å². The molecule has 20 heavy (non-hydrogen) atoms. The van der Waals surface area contributed by atoms with Gasteiger partial charge in [0.25, 0.3) is 0 Å². The molecule has 0 bridgehead atoms. The van der Waals surface area contributed by atoms with Crippen molar-refractivity contribution in [2.75, 3.05) is 0 Å². The third kappa shape index (κ3) is 1.96. The van der Waals surface area contributed by atoms with Gasteiger partial charge in [-0.25, -0.2) is 0 Å². The highest BCUT2D eigenvalue weighted by atomic mass is 16.3. The third-order valence-corrected chi connectivity index (χ3v) is 3.92. The number of aryl methyl sites for hydroxylation is 3. The van der Waals surface area contributed by atoms with Crippen LogP contribution < -0.4 is 0 Å². The number of aromatic hydroxyl groups is 1. The largest absolute Gasteiger partial charge is 0.507 e. The van der Waals surface area contributed by atoms with Gasteiger partial charge >= 0.3 is 0 Å². The van der Waals surface area contributed by atoms with E-state index in [-0.39, 0.29) is 0 Å². The van der Waals surface area contributed by atoms with Gasteiger partial charge in [-0.2, -0.15) is 0 Å². The molecule has 100 valence electrons. The van der Waals surface area contributed by atoms with Gasteiger partial charge in [-0.15, -0.1) is 0 Å². The predicted molar refractivity (Wildman–Crippen MR) is 85.3 cm³/mol. The highest BCUT2D eigenvalue weighted by molar-refractivity contribution is 5.98. The molecule has 1 nitrogen and oxygen atoms in total. The van der Waals surface area contributed by atoms with E-state index in [4.69, 9.17) is 0 Å². The molecular formula is C19H18O. The van der Waals surface area contributed by atoms with Crippen molar-refractivity contribution in [3.05, 3.63) is 65.2 Å². The van der Waals surface area contributed by atoms with Crippen molar-refractivity contribution in [2.24, 2.45) is 0 Å². The van der Waals surface area contributed by atoms with Gasteiger partial charge in [-0.05, 0) is 71.5 Å². The topological polar surface area (TPSA) is 20.2 Å². The number of phenols is 1. The number of phenolic OH excluding ortho intramolecular Hbond substituents is 1. The van der Waals surface area contributed by atoms with Crippen LogP contribution in [-0.4, -0.2) is 5.11 Å². The summed E-state index contributed by atoms with van der Waals surface area (Å²) in [7, 11) is 0. The van der Waals surface area contributed by atoms with E-state index in [1.807, 2.05) is 13.8 Å². The lowest BCUT2D eigenvalue weighted by Crippen LogP contribution is -1.89. The maximum Gasteiger partial charge on any atom is 0.121 e. The predicted octanol–water partition coefficient (Wildman–Crippen LogP) is 5.14. The molecule has 0 aliphatic carbocycles. The average molecular weight is 262 g/mol. The molecule has 0 heterocycles. The zero-order valence-electron chi connectivity index (χ0n) is 12.1. The van der Waals surface area contributed by atoms with E-state index >= 15 is 0 Å². The Balaban J connectivity index is 2.37. The van der Waals surface area contributed by atoms with Crippen LogP contribution in [0.15, 0.2) is 48.5 Å². The molecule has 3 rings (SSSR count). The van der Waals surface area contributed by atoms with Crippen LogP contribution in [0.3, 0.4) is 0 Å². The molecule has 1 N–H and O–H groups in total. The first-order chi connectivity index (χ1) is 9.58. The summed E-state index contributed by atoms with van der Waals surface area (Å²) in [5.41, 5.74) is 5.54. The van der Waals surface area contributed by atoms with Crippen LogP contribution in [0.4, 0.5) is 0 Å². The first-order valence-corrected chi connectivity index (χ1v) is 6.87. The van der Waals surface area contributed by atoms with E-state index in [1.54, 1.807) is 0 Å².